The van der Waals surface area contributed by atoms with E-state index in [1.165, 1.54) is 37.7 Å². The third-order valence-electron chi connectivity index (χ3n) is 3.41. The largest absolute Gasteiger partial charge is 0.465 e. The maximum atomic E-state index is 12.2. The summed E-state index contributed by atoms with van der Waals surface area (Å²) in [5.41, 5.74) is 2.14. The van der Waals surface area contributed by atoms with Gasteiger partial charge in [-0.25, -0.2) is 9.59 Å². The summed E-state index contributed by atoms with van der Waals surface area (Å²) < 4.78 is 10.2. The highest BCUT2D eigenvalue weighted by Crippen LogP contribution is 2.37. The van der Waals surface area contributed by atoms with E-state index in [0.29, 0.717) is 15.7 Å². The van der Waals surface area contributed by atoms with Gasteiger partial charge in [-0.15, -0.1) is 23.5 Å². The second-order valence-corrected chi connectivity index (χ2v) is 7.42. The van der Waals surface area contributed by atoms with Crippen molar-refractivity contribution in [2.24, 2.45) is 0 Å². The van der Waals surface area contributed by atoms with Gasteiger partial charge in [0.25, 0.3) is 0 Å². The lowest BCUT2D eigenvalue weighted by Crippen LogP contribution is -2.17. The van der Waals surface area contributed by atoms with Crippen LogP contribution in [0, 0.1) is 0 Å². The number of thioether (sulfide) groups is 2. The van der Waals surface area contributed by atoms with Gasteiger partial charge in [0.2, 0.25) is 0 Å². The van der Waals surface area contributed by atoms with E-state index in [9.17, 15) is 9.59 Å². The van der Waals surface area contributed by atoms with Crippen LogP contribution in [0.1, 0.15) is 11.1 Å². The van der Waals surface area contributed by atoms with Gasteiger partial charge in [-0.05, 0) is 11.1 Å². The number of rotatable bonds is 8. The molecule has 0 amide bonds. The quantitative estimate of drug-likeness (QED) is 0.289. The van der Waals surface area contributed by atoms with Crippen LogP contribution in [0.15, 0.2) is 70.5 Å². The van der Waals surface area contributed by atoms with Gasteiger partial charge in [-0.3, -0.25) is 0 Å². The molecule has 26 heavy (non-hydrogen) atoms. The van der Waals surface area contributed by atoms with Crippen molar-refractivity contribution in [1.82, 2.24) is 0 Å². The highest BCUT2D eigenvalue weighted by molar-refractivity contribution is 8.21. The van der Waals surface area contributed by atoms with Gasteiger partial charge in [-0.1, -0.05) is 60.7 Å². The summed E-state index contributed by atoms with van der Waals surface area (Å²) >= 11 is 2.86. The number of carbonyl (C=O) groups is 2. The van der Waals surface area contributed by atoms with Crippen molar-refractivity contribution in [3.63, 3.8) is 0 Å². The molecule has 0 bridgehead atoms. The van der Waals surface area contributed by atoms with Crippen molar-refractivity contribution < 1.29 is 19.1 Å². The molecule has 0 fully saturated rings. The number of carbonyl (C=O) groups excluding carboxylic acids is 2. The molecule has 0 spiro atoms. The third kappa shape index (κ3) is 5.97. The van der Waals surface area contributed by atoms with Crippen molar-refractivity contribution >= 4 is 35.5 Å². The Hall–Kier alpha value is -2.18. The molecule has 0 aliphatic rings. The summed E-state index contributed by atoms with van der Waals surface area (Å²) in [7, 11) is 2.51. The normalized spacial score (nSPS) is 10.1. The SMILES string of the molecule is COC(=O)C(C(=O)OC)=C(SCc1ccccc1)SCc1ccccc1. The van der Waals surface area contributed by atoms with Crippen LogP contribution in [-0.4, -0.2) is 26.2 Å². The second kappa shape index (κ2) is 10.7. The van der Waals surface area contributed by atoms with Gasteiger partial charge < -0.3 is 9.47 Å². The Morgan fingerprint density at radius 2 is 1.12 bits per heavy atom. The Morgan fingerprint density at radius 3 is 1.46 bits per heavy atom. The molecule has 2 aromatic rings. The first-order valence-corrected chi connectivity index (χ1v) is 9.87. The van der Waals surface area contributed by atoms with E-state index < -0.39 is 11.9 Å². The summed E-state index contributed by atoms with van der Waals surface area (Å²) in [6.07, 6.45) is 0. The lowest BCUT2D eigenvalue weighted by molar-refractivity contribution is -0.144. The summed E-state index contributed by atoms with van der Waals surface area (Å²) in [6, 6.07) is 19.7. The number of benzene rings is 2. The van der Waals surface area contributed by atoms with Crippen molar-refractivity contribution in [3.05, 3.63) is 81.6 Å². The maximum Gasteiger partial charge on any atom is 0.347 e. The number of methoxy groups -OCH3 is 2. The first kappa shape index (κ1) is 20.1. The van der Waals surface area contributed by atoms with Crippen LogP contribution in [0.25, 0.3) is 0 Å². The minimum Gasteiger partial charge on any atom is -0.465 e. The van der Waals surface area contributed by atoms with E-state index in [4.69, 9.17) is 9.47 Å². The zero-order valence-electron chi connectivity index (χ0n) is 14.6. The molecular weight excluding hydrogens is 368 g/mol. The molecule has 0 heterocycles. The Morgan fingerprint density at radius 1 is 0.731 bits per heavy atom. The molecule has 0 saturated heterocycles. The van der Waals surface area contributed by atoms with Gasteiger partial charge in [0.1, 0.15) is 0 Å². The molecule has 2 aromatic carbocycles. The number of hydrogen-bond acceptors (Lipinski definition) is 6. The molecule has 0 aromatic heterocycles. The minimum absolute atomic E-state index is 0.0585. The van der Waals surface area contributed by atoms with Gasteiger partial charge >= 0.3 is 11.9 Å². The van der Waals surface area contributed by atoms with Gasteiger partial charge in [0.15, 0.2) is 5.57 Å². The van der Waals surface area contributed by atoms with Crippen LogP contribution in [0.2, 0.25) is 0 Å². The van der Waals surface area contributed by atoms with E-state index in [1.54, 1.807) is 0 Å². The molecule has 0 unspecified atom stereocenters. The fraction of sp³-hybridized carbons (Fsp3) is 0.200. The van der Waals surface area contributed by atoms with Crippen LogP contribution >= 0.6 is 23.5 Å². The lowest BCUT2D eigenvalue weighted by Gasteiger charge is -2.12. The van der Waals surface area contributed by atoms with Crippen molar-refractivity contribution in [2.45, 2.75) is 11.5 Å². The first-order valence-electron chi connectivity index (χ1n) is 7.90. The van der Waals surface area contributed by atoms with Gasteiger partial charge in [0, 0.05) is 11.5 Å². The van der Waals surface area contributed by atoms with E-state index in [0.717, 1.165) is 11.1 Å². The van der Waals surface area contributed by atoms with E-state index in [2.05, 4.69) is 0 Å². The summed E-state index contributed by atoms with van der Waals surface area (Å²) in [5, 5.41) is 0. The van der Waals surface area contributed by atoms with Crippen LogP contribution < -0.4 is 0 Å². The molecule has 0 atom stereocenters. The molecule has 6 heteroatoms. The molecule has 0 aliphatic heterocycles. The monoisotopic (exact) mass is 388 g/mol. The highest BCUT2D eigenvalue weighted by Gasteiger charge is 2.26. The van der Waals surface area contributed by atoms with Gasteiger partial charge in [0.05, 0.1) is 18.5 Å². The molecule has 0 N–H and O–H groups in total. The fourth-order valence-electron chi connectivity index (χ4n) is 2.09. The second-order valence-electron chi connectivity index (χ2n) is 5.19. The lowest BCUT2D eigenvalue weighted by atomic mass is 10.2. The van der Waals surface area contributed by atoms with Crippen LogP contribution in [-0.2, 0) is 30.6 Å². The first-order chi connectivity index (χ1) is 12.7. The van der Waals surface area contributed by atoms with Crippen molar-refractivity contribution in [2.75, 3.05) is 14.2 Å². The summed E-state index contributed by atoms with van der Waals surface area (Å²) in [5.74, 6) is -0.105. The Labute approximate surface area is 162 Å². The van der Waals surface area contributed by atoms with Crippen molar-refractivity contribution in [1.29, 1.82) is 0 Å². The Kier molecular flexibility index (Phi) is 8.31. The van der Waals surface area contributed by atoms with E-state index >= 15 is 0 Å². The Balaban J connectivity index is 2.26. The summed E-state index contributed by atoms with van der Waals surface area (Å²) in [6.45, 7) is 0. The van der Waals surface area contributed by atoms with Crippen molar-refractivity contribution in [3.8, 4) is 0 Å². The van der Waals surface area contributed by atoms with Crippen LogP contribution in [0.4, 0.5) is 0 Å². The van der Waals surface area contributed by atoms with Gasteiger partial charge in [-0.2, -0.15) is 0 Å². The third-order valence-corrected chi connectivity index (χ3v) is 6.00. The molecule has 0 saturated carbocycles. The highest BCUT2D eigenvalue weighted by atomic mass is 32.2. The zero-order valence-corrected chi connectivity index (χ0v) is 16.3. The Bertz CT molecular complexity index is 694. The maximum absolute atomic E-state index is 12.2. The average Bonchev–Trinajstić information content (AvgIpc) is 2.70. The van der Waals surface area contributed by atoms with Crippen LogP contribution in [0.5, 0.6) is 0 Å². The number of esters is 2. The molecule has 0 radical (unpaired) electrons. The molecule has 4 nitrogen and oxygen atoms in total. The number of ether oxygens (including phenoxy) is 2. The minimum atomic E-state index is -0.687. The molecule has 2 rings (SSSR count). The fourth-order valence-corrected chi connectivity index (χ4v) is 4.38. The number of hydrogen-bond donors (Lipinski definition) is 0. The predicted molar refractivity (Wildman–Crippen MR) is 107 cm³/mol. The predicted octanol–water partition coefficient (Wildman–Crippen LogP) is 4.41. The van der Waals surface area contributed by atoms with Crippen LogP contribution in [0.3, 0.4) is 0 Å². The van der Waals surface area contributed by atoms with E-state index in [1.807, 2.05) is 60.7 Å². The molecular formula is C20H20O4S2. The average molecular weight is 389 g/mol. The molecule has 0 aliphatic carbocycles. The smallest absolute Gasteiger partial charge is 0.347 e. The zero-order chi connectivity index (χ0) is 18.8. The topological polar surface area (TPSA) is 52.6 Å². The summed E-state index contributed by atoms with van der Waals surface area (Å²) in [4.78, 5) is 24.3. The molecule has 136 valence electrons. The van der Waals surface area contributed by atoms with E-state index in [-0.39, 0.29) is 5.57 Å². The standard InChI is InChI=1S/C20H20O4S2/c1-23-18(21)17(19(22)24-2)20(25-13-15-9-5-3-6-10-15)26-14-16-11-7-4-8-12-16/h3-12H,13-14H2,1-2H3.